The van der Waals surface area contributed by atoms with E-state index in [0.29, 0.717) is 30.8 Å². The van der Waals surface area contributed by atoms with Crippen molar-refractivity contribution in [3.63, 3.8) is 0 Å². The summed E-state index contributed by atoms with van der Waals surface area (Å²) in [5, 5.41) is 12.9. The third-order valence-electron chi connectivity index (χ3n) is 3.38. The highest BCUT2D eigenvalue weighted by Gasteiger charge is 2.23. The summed E-state index contributed by atoms with van der Waals surface area (Å²) >= 11 is 0. The molecule has 1 aromatic rings. The van der Waals surface area contributed by atoms with E-state index in [1.54, 1.807) is 24.3 Å². The molecule has 0 aliphatic carbocycles. The van der Waals surface area contributed by atoms with Crippen LogP contribution in [0.3, 0.4) is 0 Å². The minimum Gasteiger partial charge on any atom is -0.489 e. The number of para-hydroxylation sites is 1. The maximum absolute atomic E-state index is 12.2. The molecule has 1 rings (SSSR count). The monoisotopic (exact) mass is 277 g/mol. The Morgan fingerprint density at radius 1 is 1.40 bits per heavy atom. The van der Waals surface area contributed by atoms with E-state index >= 15 is 0 Å². The average molecular weight is 277 g/mol. The van der Waals surface area contributed by atoms with Crippen LogP contribution in [0.2, 0.25) is 0 Å². The zero-order chi connectivity index (χ0) is 15.0. The van der Waals surface area contributed by atoms with E-state index in [-0.39, 0.29) is 12.5 Å². The summed E-state index contributed by atoms with van der Waals surface area (Å²) < 4.78 is 5.45. The van der Waals surface area contributed by atoms with Crippen molar-refractivity contribution in [2.45, 2.75) is 32.3 Å². The first kappa shape index (κ1) is 16.2. The van der Waals surface area contributed by atoms with E-state index in [4.69, 9.17) is 4.74 Å². The molecule has 2 N–H and O–H groups in total. The van der Waals surface area contributed by atoms with Gasteiger partial charge in [-0.1, -0.05) is 38.6 Å². The van der Waals surface area contributed by atoms with Gasteiger partial charge in [-0.3, -0.25) is 4.79 Å². The van der Waals surface area contributed by atoms with Gasteiger partial charge >= 0.3 is 0 Å². The molecule has 110 valence electrons. The molecule has 0 spiro atoms. The molecule has 0 bridgehead atoms. The molecule has 0 aliphatic heterocycles. The summed E-state index contributed by atoms with van der Waals surface area (Å²) in [5.74, 6) is 0.270. The molecule has 0 saturated carbocycles. The third kappa shape index (κ3) is 4.38. The van der Waals surface area contributed by atoms with Crippen molar-refractivity contribution in [3.8, 4) is 5.75 Å². The van der Waals surface area contributed by atoms with E-state index in [1.807, 2.05) is 19.9 Å². The number of nitrogens with one attached hydrogen (secondary N) is 1. The second-order valence-corrected chi connectivity index (χ2v) is 4.71. The van der Waals surface area contributed by atoms with Gasteiger partial charge in [0.15, 0.2) is 0 Å². The molecule has 0 aromatic heterocycles. The Morgan fingerprint density at radius 3 is 2.65 bits per heavy atom. The van der Waals surface area contributed by atoms with Gasteiger partial charge in [0.05, 0.1) is 11.2 Å². The Bertz CT molecular complexity index is 453. The minimum absolute atomic E-state index is 0.231. The number of benzene rings is 1. The van der Waals surface area contributed by atoms with E-state index in [0.717, 1.165) is 0 Å². The summed E-state index contributed by atoms with van der Waals surface area (Å²) in [6, 6.07) is 7.03. The summed E-state index contributed by atoms with van der Waals surface area (Å²) in [6.45, 7) is 7.96. The highest BCUT2D eigenvalue weighted by Crippen LogP contribution is 2.19. The number of amides is 1. The van der Waals surface area contributed by atoms with Crippen LogP contribution in [0.1, 0.15) is 37.0 Å². The third-order valence-corrected chi connectivity index (χ3v) is 3.38. The van der Waals surface area contributed by atoms with Crippen LogP contribution in [0.5, 0.6) is 5.75 Å². The fourth-order valence-corrected chi connectivity index (χ4v) is 1.77. The first-order valence-corrected chi connectivity index (χ1v) is 6.89. The Morgan fingerprint density at radius 2 is 2.05 bits per heavy atom. The molecule has 4 nitrogen and oxygen atoms in total. The fourth-order valence-electron chi connectivity index (χ4n) is 1.77. The Hall–Kier alpha value is -1.81. The molecule has 1 amide bonds. The smallest absolute Gasteiger partial charge is 0.255 e. The van der Waals surface area contributed by atoms with Gasteiger partial charge in [0.2, 0.25) is 0 Å². The SMILES string of the molecule is C=CCOc1ccccc1C(=O)NCC(O)(CC)CC. The average Bonchev–Trinajstić information content (AvgIpc) is 2.50. The van der Waals surface area contributed by atoms with Crippen molar-refractivity contribution in [1.29, 1.82) is 0 Å². The molecule has 1 aromatic carbocycles. The van der Waals surface area contributed by atoms with Gasteiger partial charge in [-0.25, -0.2) is 0 Å². The van der Waals surface area contributed by atoms with Crippen molar-refractivity contribution in [2.24, 2.45) is 0 Å². The zero-order valence-corrected chi connectivity index (χ0v) is 12.2. The van der Waals surface area contributed by atoms with Crippen molar-refractivity contribution >= 4 is 5.91 Å². The molecule has 0 unspecified atom stereocenters. The maximum atomic E-state index is 12.2. The number of ether oxygens (including phenoxy) is 1. The lowest BCUT2D eigenvalue weighted by atomic mass is 9.97. The van der Waals surface area contributed by atoms with Crippen LogP contribution >= 0.6 is 0 Å². The lowest BCUT2D eigenvalue weighted by Crippen LogP contribution is -2.42. The van der Waals surface area contributed by atoms with Gasteiger partial charge in [0, 0.05) is 6.54 Å². The molecule has 0 saturated heterocycles. The number of rotatable bonds is 8. The lowest BCUT2D eigenvalue weighted by Gasteiger charge is -2.25. The van der Waals surface area contributed by atoms with E-state index in [1.165, 1.54) is 0 Å². The molecule has 4 heteroatoms. The topological polar surface area (TPSA) is 58.6 Å². The van der Waals surface area contributed by atoms with E-state index in [9.17, 15) is 9.90 Å². The van der Waals surface area contributed by atoms with Gasteiger partial charge in [0.1, 0.15) is 12.4 Å². The van der Waals surface area contributed by atoms with Gasteiger partial charge in [-0.15, -0.1) is 0 Å². The fraction of sp³-hybridized carbons (Fsp3) is 0.438. The predicted octanol–water partition coefficient (Wildman–Crippen LogP) is 2.53. The Labute approximate surface area is 120 Å². The van der Waals surface area contributed by atoms with Crippen LogP contribution in [0.15, 0.2) is 36.9 Å². The van der Waals surface area contributed by atoms with Gasteiger partial charge in [-0.05, 0) is 25.0 Å². The number of hydrogen-bond acceptors (Lipinski definition) is 3. The van der Waals surface area contributed by atoms with Gasteiger partial charge < -0.3 is 15.2 Å². The largest absolute Gasteiger partial charge is 0.489 e. The number of carbonyl (C=O) groups is 1. The van der Waals surface area contributed by atoms with Crippen LogP contribution in [0.25, 0.3) is 0 Å². The van der Waals surface area contributed by atoms with Crippen LogP contribution in [0.4, 0.5) is 0 Å². The molecular formula is C16H23NO3. The van der Waals surface area contributed by atoms with Crippen molar-refractivity contribution in [2.75, 3.05) is 13.2 Å². The molecule has 0 atom stereocenters. The Kier molecular flexibility index (Phi) is 6.25. The van der Waals surface area contributed by atoms with Gasteiger partial charge in [0.25, 0.3) is 5.91 Å². The second kappa shape index (κ2) is 7.70. The van der Waals surface area contributed by atoms with Crippen LogP contribution < -0.4 is 10.1 Å². The summed E-state index contributed by atoms with van der Waals surface area (Å²) in [6.07, 6.45) is 2.82. The molecule has 0 radical (unpaired) electrons. The molecule has 0 aliphatic rings. The van der Waals surface area contributed by atoms with E-state index < -0.39 is 5.60 Å². The molecule has 20 heavy (non-hydrogen) atoms. The maximum Gasteiger partial charge on any atom is 0.255 e. The lowest BCUT2D eigenvalue weighted by molar-refractivity contribution is 0.0313. The normalized spacial score (nSPS) is 10.9. The standard InChI is InChI=1S/C16H23NO3/c1-4-11-20-14-10-8-7-9-13(14)15(18)17-12-16(19,5-2)6-3/h4,7-10,19H,1,5-6,11-12H2,2-3H3,(H,17,18). The number of hydrogen-bond donors (Lipinski definition) is 2. The summed E-state index contributed by atoms with van der Waals surface area (Å²) in [7, 11) is 0. The van der Waals surface area contributed by atoms with Crippen LogP contribution in [0, 0.1) is 0 Å². The highest BCUT2D eigenvalue weighted by molar-refractivity contribution is 5.96. The molecular weight excluding hydrogens is 254 g/mol. The number of carbonyl (C=O) groups excluding carboxylic acids is 1. The number of aliphatic hydroxyl groups is 1. The zero-order valence-electron chi connectivity index (χ0n) is 12.2. The molecule has 0 heterocycles. The Balaban J connectivity index is 2.74. The van der Waals surface area contributed by atoms with Crippen LogP contribution in [-0.2, 0) is 0 Å². The highest BCUT2D eigenvalue weighted by atomic mass is 16.5. The van der Waals surface area contributed by atoms with E-state index in [2.05, 4.69) is 11.9 Å². The quantitative estimate of drug-likeness (QED) is 0.718. The first-order chi connectivity index (χ1) is 9.56. The second-order valence-electron chi connectivity index (χ2n) is 4.71. The minimum atomic E-state index is -0.855. The summed E-state index contributed by atoms with van der Waals surface area (Å²) in [4.78, 5) is 12.2. The van der Waals surface area contributed by atoms with Crippen molar-refractivity contribution < 1.29 is 14.6 Å². The summed E-state index contributed by atoms with van der Waals surface area (Å²) in [5.41, 5.74) is -0.393. The van der Waals surface area contributed by atoms with Crippen LogP contribution in [-0.4, -0.2) is 29.8 Å². The van der Waals surface area contributed by atoms with Gasteiger partial charge in [-0.2, -0.15) is 0 Å². The van der Waals surface area contributed by atoms with Crippen molar-refractivity contribution in [3.05, 3.63) is 42.5 Å². The predicted molar refractivity (Wildman–Crippen MR) is 80.0 cm³/mol. The first-order valence-electron chi connectivity index (χ1n) is 6.89. The van der Waals surface area contributed by atoms with Crippen molar-refractivity contribution in [1.82, 2.24) is 5.32 Å². The molecule has 0 fully saturated rings.